The quantitative estimate of drug-likeness (QED) is 0.849. The van der Waals surface area contributed by atoms with Crippen molar-refractivity contribution in [2.45, 2.75) is 12.7 Å². The summed E-state index contributed by atoms with van der Waals surface area (Å²) < 4.78 is 66.7. The molecule has 1 aromatic heterocycles. The largest absolute Gasteiger partial charge is 0.468 e. The standard InChI is InChI=1S/C14H11F5N2O/c15-10-1-3-12(16)9(5-10)6-20-11-2-4-13(21-7-11)22-8-14(17,18)19/h1-5,7,20H,6,8H2. The maximum Gasteiger partial charge on any atom is 0.422 e. The highest BCUT2D eigenvalue weighted by atomic mass is 19.4. The number of pyridine rings is 1. The highest BCUT2D eigenvalue weighted by Gasteiger charge is 2.28. The number of rotatable bonds is 5. The second kappa shape index (κ2) is 6.59. The number of aromatic nitrogens is 1. The van der Waals surface area contributed by atoms with Gasteiger partial charge in [0, 0.05) is 18.2 Å². The molecule has 22 heavy (non-hydrogen) atoms. The zero-order valence-corrected chi connectivity index (χ0v) is 11.1. The average Bonchev–Trinajstić information content (AvgIpc) is 2.46. The van der Waals surface area contributed by atoms with Crippen LogP contribution in [0.3, 0.4) is 0 Å². The maximum atomic E-state index is 13.4. The Labute approximate surface area is 122 Å². The van der Waals surface area contributed by atoms with Crippen LogP contribution < -0.4 is 10.1 Å². The van der Waals surface area contributed by atoms with E-state index in [1.165, 1.54) is 18.3 Å². The van der Waals surface area contributed by atoms with E-state index in [1.807, 2.05) is 0 Å². The third kappa shape index (κ3) is 4.87. The van der Waals surface area contributed by atoms with E-state index >= 15 is 0 Å². The Bertz CT molecular complexity index is 628. The molecule has 0 amide bonds. The first-order valence-electron chi connectivity index (χ1n) is 6.17. The van der Waals surface area contributed by atoms with Crippen LogP contribution in [-0.4, -0.2) is 17.8 Å². The predicted octanol–water partition coefficient (Wildman–Crippen LogP) is 3.91. The third-order valence-corrected chi connectivity index (χ3v) is 2.61. The summed E-state index contributed by atoms with van der Waals surface area (Å²) >= 11 is 0. The molecule has 0 saturated heterocycles. The van der Waals surface area contributed by atoms with Gasteiger partial charge in [-0.05, 0) is 24.3 Å². The van der Waals surface area contributed by atoms with Gasteiger partial charge in [0.05, 0.1) is 11.9 Å². The third-order valence-electron chi connectivity index (χ3n) is 2.61. The molecule has 0 fully saturated rings. The Balaban J connectivity index is 1.92. The second-order valence-corrected chi connectivity index (χ2v) is 4.38. The van der Waals surface area contributed by atoms with Crippen LogP contribution in [0.15, 0.2) is 36.5 Å². The topological polar surface area (TPSA) is 34.1 Å². The average molecular weight is 318 g/mol. The molecule has 1 aromatic carbocycles. The van der Waals surface area contributed by atoms with E-state index in [0.717, 1.165) is 18.2 Å². The molecule has 118 valence electrons. The molecule has 0 saturated carbocycles. The van der Waals surface area contributed by atoms with Gasteiger partial charge in [-0.2, -0.15) is 13.2 Å². The van der Waals surface area contributed by atoms with Crippen LogP contribution in [0.2, 0.25) is 0 Å². The molecule has 1 heterocycles. The number of halogens is 5. The van der Waals surface area contributed by atoms with Crippen molar-refractivity contribution >= 4 is 5.69 Å². The zero-order valence-electron chi connectivity index (χ0n) is 11.1. The van der Waals surface area contributed by atoms with Crippen LogP contribution >= 0.6 is 0 Å². The minimum Gasteiger partial charge on any atom is -0.468 e. The van der Waals surface area contributed by atoms with Crippen LogP contribution in [-0.2, 0) is 6.54 Å². The summed E-state index contributed by atoms with van der Waals surface area (Å²) in [5, 5.41) is 2.78. The van der Waals surface area contributed by atoms with Gasteiger partial charge in [-0.15, -0.1) is 0 Å². The fourth-order valence-electron chi connectivity index (χ4n) is 1.60. The van der Waals surface area contributed by atoms with E-state index in [4.69, 9.17) is 0 Å². The lowest BCUT2D eigenvalue weighted by Gasteiger charge is -2.10. The molecule has 3 nitrogen and oxygen atoms in total. The SMILES string of the molecule is Fc1ccc(F)c(CNc2ccc(OCC(F)(F)F)nc2)c1. The van der Waals surface area contributed by atoms with Crippen LogP contribution in [0.1, 0.15) is 5.56 Å². The van der Waals surface area contributed by atoms with Crippen LogP contribution in [0.25, 0.3) is 0 Å². The molecule has 0 spiro atoms. The molecular formula is C14H11F5N2O. The van der Waals surface area contributed by atoms with Crippen LogP contribution in [0, 0.1) is 11.6 Å². The number of nitrogens with one attached hydrogen (secondary N) is 1. The minimum atomic E-state index is -4.44. The van der Waals surface area contributed by atoms with Crippen LogP contribution in [0.5, 0.6) is 5.88 Å². The molecule has 1 N–H and O–H groups in total. The van der Waals surface area contributed by atoms with E-state index in [9.17, 15) is 22.0 Å². The summed E-state index contributed by atoms with van der Waals surface area (Å²) in [6.45, 7) is -1.42. The number of anilines is 1. The van der Waals surface area contributed by atoms with Crippen molar-refractivity contribution in [3.63, 3.8) is 0 Å². The van der Waals surface area contributed by atoms with Crippen LogP contribution in [0.4, 0.5) is 27.6 Å². The number of nitrogens with zero attached hydrogens (tertiary/aromatic N) is 1. The molecule has 8 heteroatoms. The van der Waals surface area contributed by atoms with Gasteiger partial charge >= 0.3 is 6.18 Å². The number of alkyl halides is 3. The molecule has 0 radical (unpaired) electrons. The van der Waals surface area contributed by atoms with Crippen molar-refractivity contribution in [1.29, 1.82) is 0 Å². The Hall–Kier alpha value is -2.38. The summed E-state index contributed by atoms with van der Waals surface area (Å²) in [5.41, 5.74) is 0.556. The molecule has 0 unspecified atom stereocenters. The van der Waals surface area contributed by atoms with Gasteiger partial charge in [0.1, 0.15) is 11.6 Å². The summed E-state index contributed by atoms with van der Waals surface area (Å²) in [7, 11) is 0. The molecule has 0 aliphatic heterocycles. The van der Waals surface area contributed by atoms with Crippen molar-refractivity contribution < 1.29 is 26.7 Å². The first kappa shape index (κ1) is 16.0. The first-order chi connectivity index (χ1) is 10.3. The number of hydrogen-bond acceptors (Lipinski definition) is 3. The molecule has 2 rings (SSSR count). The highest BCUT2D eigenvalue weighted by Crippen LogP contribution is 2.18. The van der Waals surface area contributed by atoms with Crippen molar-refractivity contribution in [2.24, 2.45) is 0 Å². The molecule has 0 bridgehead atoms. The lowest BCUT2D eigenvalue weighted by atomic mass is 10.2. The fraction of sp³-hybridized carbons (Fsp3) is 0.214. The monoisotopic (exact) mass is 318 g/mol. The van der Waals surface area contributed by atoms with Gasteiger partial charge in [-0.25, -0.2) is 13.8 Å². The van der Waals surface area contributed by atoms with E-state index in [-0.39, 0.29) is 18.0 Å². The normalized spacial score (nSPS) is 11.3. The molecule has 0 atom stereocenters. The Kier molecular flexibility index (Phi) is 4.79. The summed E-state index contributed by atoms with van der Waals surface area (Å²) in [4.78, 5) is 3.68. The van der Waals surface area contributed by atoms with E-state index < -0.39 is 24.4 Å². The van der Waals surface area contributed by atoms with Gasteiger partial charge in [0.2, 0.25) is 5.88 Å². The molecular weight excluding hydrogens is 307 g/mol. The highest BCUT2D eigenvalue weighted by molar-refractivity contribution is 5.42. The lowest BCUT2D eigenvalue weighted by molar-refractivity contribution is -0.154. The van der Waals surface area contributed by atoms with Gasteiger partial charge in [-0.1, -0.05) is 0 Å². The Morgan fingerprint density at radius 3 is 2.50 bits per heavy atom. The van der Waals surface area contributed by atoms with Crippen molar-refractivity contribution in [1.82, 2.24) is 4.98 Å². The van der Waals surface area contributed by atoms with Crippen molar-refractivity contribution in [3.05, 3.63) is 53.7 Å². The number of hydrogen-bond donors (Lipinski definition) is 1. The van der Waals surface area contributed by atoms with Crippen molar-refractivity contribution in [3.8, 4) is 5.88 Å². The Morgan fingerprint density at radius 1 is 1.09 bits per heavy atom. The van der Waals surface area contributed by atoms with Gasteiger partial charge in [0.15, 0.2) is 6.61 Å². The van der Waals surface area contributed by atoms with Gasteiger partial charge in [-0.3, -0.25) is 0 Å². The second-order valence-electron chi connectivity index (χ2n) is 4.38. The van der Waals surface area contributed by atoms with Gasteiger partial charge in [0.25, 0.3) is 0 Å². The van der Waals surface area contributed by atoms with E-state index in [0.29, 0.717) is 5.69 Å². The lowest BCUT2D eigenvalue weighted by Crippen LogP contribution is -2.19. The fourth-order valence-corrected chi connectivity index (χ4v) is 1.60. The molecule has 2 aromatic rings. The Morgan fingerprint density at radius 2 is 1.86 bits per heavy atom. The molecule has 0 aliphatic rings. The van der Waals surface area contributed by atoms with E-state index in [1.54, 1.807) is 0 Å². The van der Waals surface area contributed by atoms with Gasteiger partial charge < -0.3 is 10.1 Å². The maximum absolute atomic E-state index is 13.4. The summed E-state index contributed by atoms with van der Waals surface area (Å²) in [5.74, 6) is -1.31. The zero-order chi connectivity index (χ0) is 16.2. The number of ether oxygens (including phenoxy) is 1. The number of benzene rings is 1. The van der Waals surface area contributed by atoms with E-state index in [2.05, 4.69) is 15.0 Å². The predicted molar refractivity (Wildman–Crippen MR) is 69.5 cm³/mol. The van der Waals surface area contributed by atoms with Crippen molar-refractivity contribution in [2.75, 3.05) is 11.9 Å². The first-order valence-corrected chi connectivity index (χ1v) is 6.17. The smallest absolute Gasteiger partial charge is 0.422 e. The summed E-state index contributed by atoms with van der Waals surface area (Å²) in [6, 6.07) is 5.74. The summed E-state index contributed by atoms with van der Waals surface area (Å²) in [6.07, 6.45) is -3.20. The minimum absolute atomic E-state index is 0.00796. The molecule has 0 aliphatic carbocycles.